The highest BCUT2D eigenvalue weighted by molar-refractivity contribution is 6.31. The second-order valence-electron chi connectivity index (χ2n) is 4.63. The summed E-state index contributed by atoms with van der Waals surface area (Å²) in [6, 6.07) is 4.66. The van der Waals surface area contributed by atoms with Gasteiger partial charge < -0.3 is 20.1 Å². The summed E-state index contributed by atoms with van der Waals surface area (Å²) in [7, 11) is 2.01. The Balaban J connectivity index is 1.90. The monoisotopic (exact) mass is 284 g/mol. The first-order valence-electron chi connectivity index (χ1n) is 6.08. The molecule has 1 unspecified atom stereocenters. The molecule has 5 nitrogen and oxygen atoms in total. The van der Waals surface area contributed by atoms with Crippen molar-refractivity contribution in [2.45, 2.75) is 6.10 Å². The minimum atomic E-state index is -0.439. The number of nitrogen functional groups attached to an aromatic ring is 1. The number of nitrogens with two attached hydrogens (primary N) is 1. The molecule has 0 spiro atoms. The van der Waals surface area contributed by atoms with E-state index in [0.29, 0.717) is 22.9 Å². The molecule has 0 amide bonds. The highest BCUT2D eigenvalue weighted by atomic mass is 35.5. The molecule has 1 aliphatic heterocycles. The molecule has 0 bridgehead atoms. The second-order valence-corrected chi connectivity index (χ2v) is 5.06. The fourth-order valence-electron chi connectivity index (χ4n) is 1.95. The summed E-state index contributed by atoms with van der Waals surface area (Å²) in [4.78, 5) is 14.0. The Kier molecular flexibility index (Phi) is 4.63. The fraction of sp³-hybridized carbons (Fsp3) is 0.462. The number of carbonyl (C=O) groups excluding carboxylic acids is 1. The van der Waals surface area contributed by atoms with Gasteiger partial charge in [0, 0.05) is 23.8 Å². The number of halogens is 1. The first-order chi connectivity index (χ1) is 9.04. The lowest BCUT2D eigenvalue weighted by Crippen LogP contribution is -2.42. The Labute approximate surface area is 117 Å². The van der Waals surface area contributed by atoms with Crippen molar-refractivity contribution in [1.82, 2.24) is 4.90 Å². The van der Waals surface area contributed by atoms with Gasteiger partial charge in [0.1, 0.15) is 12.7 Å². The van der Waals surface area contributed by atoms with Gasteiger partial charge in [0.25, 0.3) is 0 Å². The number of esters is 1. The van der Waals surface area contributed by atoms with Gasteiger partial charge in [-0.3, -0.25) is 0 Å². The number of hydrogen-bond acceptors (Lipinski definition) is 5. The van der Waals surface area contributed by atoms with Crippen LogP contribution in [0.3, 0.4) is 0 Å². The van der Waals surface area contributed by atoms with Gasteiger partial charge in [0.05, 0.1) is 12.2 Å². The summed E-state index contributed by atoms with van der Waals surface area (Å²) in [5, 5.41) is 0.417. The van der Waals surface area contributed by atoms with E-state index in [1.165, 1.54) is 6.07 Å². The van der Waals surface area contributed by atoms with E-state index in [2.05, 4.69) is 4.90 Å². The summed E-state index contributed by atoms with van der Waals surface area (Å²) in [6.07, 6.45) is -0.0840. The lowest BCUT2D eigenvalue weighted by molar-refractivity contribution is -0.0528. The molecular formula is C13H17ClN2O3. The van der Waals surface area contributed by atoms with Gasteiger partial charge >= 0.3 is 5.97 Å². The zero-order valence-electron chi connectivity index (χ0n) is 10.8. The molecule has 2 N–H and O–H groups in total. The molecule has 0 saturated carbocycles. The molecule has 1 aromatic rings. The molecular weight excluding hydrogens is 268 g/mol. The van der Waals surface area contributed by atoms with Crippen LogP contribution in [0.25, 0.3) is 0 Å². The van der Waals surface area contributed by atoms with Crippen LogP contribution in [0, 0.1) is 0 Å². The Morgan fingerprint density at radius 2 is 2.37 bits per heavy atom. The molecule has 1 saturated heterocycles. The minimum Gasteiger partial charge on any atom is -0.459 e. The largest absolute Gasteiger partial charge is 0.459 e. The Hall–Kier alpha value is -1.30. The maximum Gasteiger partial charge on any atom is 0.338 e. The second kappa shape index (κ2) is 6.23. The molecule has 104 valence electrons. The molecule has 1 atom stereocenters. The summed E-state index contributed by atoms with van der Waals surface area (Å²) in [6.45, 7) is 2.54. The Bertz CT molecular complexity index is 447. The molecule has 6 heteroatoms. The van der Waals surface area contributed by atoms with E-state index in [4.69, 9.17) is 26.8 Å². The van der Waals surface area contributed by atoms with E-state index < -0.39 is 5.97 Å². The maximum absolute atomic E-state index is 11.9. The number of anilines is 1. The van der Waals surface area contributed by atoms with Crippen LogP contribution >= 0.6 is 11.6 Å². The van der Waals surface area contributed by atoms with Crippen LogP contribution in [0.15, 0.2) is 18.2 Å². The summed E-state index contributed by atoms with van der Waals surface area (Å²) in [5.41, 5.74) is 6.42. The first-order valence-corrected chi connectivity index (χ1v) is 6.46. The normalized spacial score (nSPS) is 20.2. The zero-order chi connectivity index (χ0) is 13.8. The predicted octanol–water partition coefficient (Wildman–Crippen LogP) is 1.41. The molecule has 0 aliphatic carbocycles. The summed E-state index contributed by atoms with van der Waals surface area (Å²) >= 11 is 5.84. The van der Waals surface area contributed by atoms with Crippen LogP contribution in [-0.2, 0) is 9.47 Å². The lowest BCUT2D eigenvalue weighted by Gasteiger charge is -2.29. The topological polar surface area (TPSA) is 64.8 Å². The van der Waals surface area contributed by atoms with E-state index in [1.807, 2.05) is 7.05 Å². The lowest BCUT2D eigenvalue weighted by atomic mass is 10.2. The molecule has 0 aromatic heterocycles. The molecule has 0 radical (unpaired) electrons. The number of morpholine rings is 1. The average Bonchev–Trinajstić information content (AvgIpc) is 2.35. The van der Waals surface area contributed by atoms with E-state index >= 15 is 0 Å². The van der Waals surface area contributed by atoms with Gasteiger partial charge in [-0.15, -0.1) is 0 Å². The van der Waals surface area contributed by atoms with Gasteiger partial charge in [0.15, 0.2) is 0 Å². The number of rotatable bonds is 3. The third-order valence-electron chi connectivity index (χ3n) is 2.90. The van der Waals surface area contributed by atoms with Crippen molar-refractivity contribution in [3.8, 4) is 0 Å². The minimum absolute atomic E-state index is 0.0840. The van der Waals surface area contributed by atoms with Crippen LogP contribution < -0.4 is 5.73 Å². The third kappa shape index (κ3) is 4.09. The number of hydrogen-bond donors (Lipinski definition) is 1. The van der Waals surface area contributed by atoms with E-state index in [9.17, 15) is 4.79 Å². The highest BCUT2D eigenvalue weighted by Gasteiger charge is 2.20. The van der Waals surface area contributed by atoms with Crippen LogP contribution in [0.1, 0.15) is 10.4 Å². The van der Waals surface area contributed by atoms with Crippen LogP contribution in [-0.4, -0.2) is 50.3 Å². The van der Waals surface area contributed by atoms with Crippen molar-refractivity contribution >= 4 is 23.3 Å². The SMILES string of the molecule is CN1CCOC(COC(=O)c2cc(N)cc(Cl)c2)C1. The number of ether oxygens (including phenoxy) is 2. The molecule has 19 heavy (non-hydrogen) atoms. The van der Waals surface area contributed by atoms with Crippen molar-refractivity contribution in [1.29, 1.82) is 0 Å². The smallest absolute Gasteiger partial charge is 0.338 e. The van der Waals surface area contributed by atoms with Gasteiger partial charge in [-0.2, -0.15) is 0 Å². The van der Waals surface area contributed by atoms with Gasteiger partial charge in [-0.1, -0.05) is 11.6 Å². The standard InChI is InChI=1S/C13H17ClN2O3/c1-16-2-3-18-12(7-16)8-19-13(17)9-4-10(14)6-11(15)5-9/h4-6,12H,2-3,7-8,15H2,1H3. The molecule has 1 heterocycles. The number of nitrogens with zero attached hydrogens (tertiary/aromatic N) is 1. The van der Waals surface area contributed by atoms with E-state index in [-0.39, 0.29) is 12.7 Å². The fourth-order valence-corrected chi connectivity index (χ4v) is 2.19. The van der Waals surface area contributed by atoms with Gasteiger partial charge in [-0.05, 0) is 25.2 Å². The Morgan fingerprint density at radius 1 is 1.58 bits per heavy atom. The van der Waals surface area contributed by atoms with Crippen LogP contribution in [0.2, 0.25) is 5.02 Å². The van der Waals surface area contributed by atoms with Crippen LogP contribution in [0.4, 0.5) is 5.69 Å². The molecule has 1 fully saturated rings. The maximum atomic E-state index is 11.9. The highest BCUT2D eigenvalue weighted by Crippen LogP contribution is 2.17. The van der Waals surface area contributed by atoms with E-state index in [0.717, 1.165) is 13.1 Å². The van der Waals surface area contributed by atoms with Gasteiger partial charge in [-0.25, -0.2) is 4.79 Å². The number of carbonyl (C=O) groups is 1. The summed E-state index contributed by atoms with van der Waals surface area (Å²) in [5.74, 6) is -0.439. The van der Waals surface area contributed by atoms with Crippen molar-refractivity contribution in [2.24, 2.45) is 0 Å². The van der Waals surface area contributed by atoms with Crippen molar-refractivity contribution in [3.05, 3.63) is 28.8 Å². The Morgan fingerprint density at radius 3 is 3.05 bits per heavy atom. The van der Waals surface area contributed by atoms with Crippen LogP contribution in [0.5, 0.6) is 0 Å². The zero-order valence-corrected chi connectivity index (χ0v) is 11.5. The molecule has 1 aliphatic rings. The van der Waals surface area contributed by atoms with E-state index in [1.54, 1.807) is 12.1 Å². The first kappa shape index (κ1) is 14.1. The van der Waals surface area contributed by atoms with Gasteiger partial charge in [0.2, 0.25) is 0 Å². The van der Waals surface area contributed by atoms with Crippen molar-refractivity contribution < 1.29 is 14.3 Å². The molecule has 1 aromatic carbocycles. The number of likely N-dealkylation sites (N-methyl/N-ethyl adjacent to an activating group) is 1. The van der Waals surface area contributed by atoms with Crippen molar-refractivity contribution in [2.75, 3.05) is 39.1 Å². The molecule has 2 rings (SSSR count). The average molecular weight is 285 g/mol. The van der Waals surface area contributed by atoms with Crippen molar-refractivity contribution in [3.63, 3.8) is 0 Å². The summed E-state index contributed by atoms with van der Waals surface area (Å²) < 4.78 is 10.7. The third-order valence-corrected chi connectivity index (χ3v) is 3.12. The number of benzene rings is 1. The predicted molar refractivity (Wildman–Crippen MR) is 73.4 cm³/mol. The quantitative estimate of drug-likeness (QED) is 0.672.